The average molecular weight is 329 g/mol. The number of hydrogen-bond donors (Lipinski definition) is 3. The SMILES string of the molecule is CC(=O)N[C@@H](Cc1c[nH]c2ccccc12)C(=O)NC[C@@H]1CCOC1. The third kappa shape index (κ3) is 3.94. The van der Waals surface area contributed by atoms with Crippen molar-refractivity contribution in [1.29, 1.82) is 0 Å². The highest BCUT2D eigenvalue weighted by Crippen LogP contribution is 2.19. The molecule has 2 atom stereocenters. The second kappa shape index (κ2) is 7.49. The van der Waals surface area contributed by atoms with Crippen LogP contribution in [0, 0.1) is 5.92 Å². The fourth-order valence-electron chi connectivity index (χ4n) is 3.09. The van der Waals surface area contributed by atoms with E-state index in [2.05, 4.69) is 15.6 Å². The highest BCUT2D eigenvalue weighted by atomic mass is 16.5. The normalized spacial score (nSPS) is 18.5. The zero-order valence-electron chi connectivity index (χ0n) is 13.8. The Bertz CT molecular complexity index is 719. The molecule has 2 heterocycles. The van der Waals surface area contributed by atoms with E-state index in [9.17, 15) is 9.59 Å². The van der Waals surface area contributed by atoms with Crippen LogP contribution in [0.3, 0.4) is 0 Å². The van der Waals surface area contributed by atoms with Crippen molar-refractivity contribution in [2.75, 3.05) is 19.8 Å². The number of hydrogen-bond acceptors (Lipinski definition) is 3. The molecule has 3 rings (SSSR count). The number of aromatic nitrogens is 1. The summed E-state index contributed by atoms with van der Waals surface area (Å²) in [5.74, 6) is 0.00147. The molecule has 1 saturated heterocycles. The molecule has 2 amide bonds. The maximum absolute atomic E-state index is 12.5. The Morgan fingerprint density at radius 1 is 1.38 bits per heavy atom. The van der Waals surface area contributed by atoms with Gasteiger partial charge in [-0.3, -0.25) is 9.59 Å². The number of nitrogens with one attached hydrogen (secondary N) is 3. The average Bonchev–Trinajstić information content (AvgIpc) is 3.22. The molecular formula is C18H23N3O3. The van der Waals surface area contributed by atoms with Crippen molar-refractivity contribution in [1.82, 2.24) is 15.6 Å². The summed E-state index contributed by atoms with van der Waals surface area (Å²) in [5.41, 5.74) is 2.04. The van der Waals surface area contributed by atoms with E-state index in [1.54, 1.807) is 0 Å². The maximum Gasteiger partial charge on any atom is 0.242 e. The van der Waals surface area contributed by atoms with E-state index in [4.69, 9.17) is 4.74 Å². The molecule has 0 aliphatic carbocycles. The first-order valence-electron chi connectivity index (χ1n) is 8.31. The summed E-state index contributed by atoms with van der Waals surface area (Å²) in [4.78, 5) is 27.2. The summed E-state index contributed by atoms with van der Waals surface area (Å²) in [6, 6.07) is 7.35. The number of ether oxygens (including phenoxy) is 1. The van der Waals surface area contributed by atoms with E-state index in [-0.39, 0.29) is 11.8 Å². The zero-order chi connectivity index (χ0) is 16.9. The van der Waals surface area contributed by atoms with Gasteiger partial charge in [-0.2, -0.15) is 0 Å². The number of H-pyrrole nitrogens is 1. The van der Waals surface area contributed by atoms with E-state index < -0.39 is 6.04 Å². The lowest BCUT2D eigenvalue weighted by atomic mass is 10.0. The monoisotopic (exact) mass is 329 g/mol. The highest BCUT2D eigenvalue weighted by molar-refractivity contribution is 5.89. The second-order valence-electron chi connectivity index (χ2n) is 6.29. The summed E-state index contributed by atoms with van der Waals surface area (Å²) in [6.45, 7) is 3.46. The van der Waals surface area contributed by atoms with Crippen molar-refractivity contribution in [2.45, 2.75) is 25.8 Å². The molecule has 0 bridgehead atoms. The zero-order valence-corrected chi connectivity index (χ0v) is 13.8. The van der Waals surface area contributed by atoms with Crippen molar-refractivity contribution < 1.29 is 14.3 Å². The van der Waals surface area contributed by atoms with Gasteiger partial charge in [0.1, 0.15) is 6.04 Å². The molecule has 0 unspecified atom stereocenters. The van der Waals surface area contributed by atoms with E-state index in [1.807, 2.05) is 30.5 Å². The van der Waals surface area contributed by atoms with Crippen LogP contribution in [0.25, 0.3) is 10.9 Å². The van der Waals surface area contributed by atoms with Gasteiger partial charge in [0.2, 0.25) is 11.8 Å². The summed E-state index contributed by atoms with van der Waals surface area (Å²) >= 11 is 0. The first-order chi connectivity index (χ1) is 11.6. The van der Waals surface area contributed by atoms with Gasteiger partial charge in [0.25, 0.3) is 0 Å². The van der Waals surface area contributed by atoms with Crippen molar-refractivity contribution in [2.24, 2.45) is 5.92 Å². The molecule has 1 fully saturated rings. The molecule has 3 N–H and O–H groups in total. The third-order valence-electron chi connectivity index (χ3n) is 4.38. The van der Waals surface area contributed by atoms with Crippen molar-refractivity contribution in [3.63, 3.8) is 0 Å². The van der Waals surface area contributed by atoms with Gasteiger partial charge in [-0.25, -0.2) is 0 Å². The number of aromatic amines is 1. The van der Waals surface area contributed by atoms with Crippen LogP contribution in [-0.4, -0.2) is 42.6 Å². The van der Waals surface area contributed by atoms with E-state index >= 15 is 0 Å². The lowest BCUT2D eigenvalue weighted by Crippen LogP contribution is -2.48. The van der Waals surface area contributed by atoms with Crippen LogP contribution < -0.4 is 10.6 Å². The highest BCUT2D eigenvalue weighted by Gasteiger charge is 2.23. The van der Waals surface area contributed by atoms with Gasteiger partial charge < -0.3 is 20.4 Å². The van der Waals surface area contributed by atoms with Crippen LogP contribution in [0.4, 0.5) is 0 Å². The minimum Gasteiger partial charge on any atom is -0.381 e. The Morgan fingerprint density at radius 3 is 2.96 bits per heavy atom. The molecule has 1 aromatic heterocycles. The first-order valence-corrected chi connectivity index (χ1v) is 8.31. The Labute approximate surface area is 141 Å². The largest absolute Gasteiger partial charge is 0.381 e. The van der Waals surface area contributed by atoms with Crippen molar-refractivity contribution >= 4 is 22.7 Å². The number of amides is 2. The van der Waals surface area contributed by atoms with Crippen LogP contribution in [0.2, 0.25) is 0 Å². The van der Waals surface area contributed by atoms with Crippen LogP contribution in [-0.2, 0) is 20.7 Å². The van der Waals surface area contributed by atoms with Gasteiger partial charge in [-0.15, -0.1) is 0 Å². The quantitative estimate of drug-likeness (QED) is 0.748. The van der Waals surface area contributed by atoms with Gasteiger partial charge in [0.15, 0.2) is 0 Å². The van der Waals surface area contributed by atoms with Gasteiger partial charge >= 0.3 is 0 Å². The van der Waals surface area contributed by atoms with Gasteiger partial charge in [-0.1, -0.05) is 18.2 Å². The number of carbonyl (C=O) groups excluding carboxylic acids is 2. The molecule has 0 saturated carbocycles. The fourth-order valence-corrected chi connectivity index (χ4v) is 3.09. The number of carbonyl (C=O) groups is 2. The molecule has 0 radical (unpaired) electrons. The predicted octanol–water partition coefficient (Wildman–Crippen LogP) is 1.37. The topological polar surface area (TPSA) is 83.2 Å². The maximum atomic E-state index is 12.5. The molecular weight excluding hydrogens is 306 g/mol. The van der Waals surface area contributed by atoms with E-state index in [1.165, 1.54) is 6.92 Å². The lowest BCUT2D eigenvalue weighted by Gasteiger charge is -2.18. The van der Waals surface area contributed by atoms with E-state index in [0.717, 1.165) is 29.5 Å². The second-order valence-corrected chi connectivity index (χ2v) is 6.29. The Hall–Kier alpha value is -2.34. The number of rotatable bonds is 6. The minimum atomic E-state index is -0.580. The van der Waals surface area contributed by atoms with Gasteiger partial charge in [0.05, 0.1) is 6.61 Å². The van der Waals surface area contributed by atoms with Crippen molar-refractivity contribution in [3.8, 4) is 0 Å². The van der Waals surface area contributed by atoms with Crippen molar-refractivity contribution in [3.05, 3.63) is 36.0 Å². The number of para-hydroxylation sites is 1. The molecule has 128 valence electrons. The standard InChI is InChI=1S/C18H23N3O3/c1-12(22)21-17(18(23)20-9-13-6-7-24-11-13)8-14-10-19-16-5-3-2-4-15(14)16/h2-5,10,13,17,19H,6-9,11H2,1H3,(H,20,23)(H,21,22)/t13-,17-/m0/s1. The third-order valence-corrected chi connectivity index (χ3v) is 4.38. The summed E-state index contributed by atoms with van der Waals surface area (Å²) in [6.07, 6.45) is 3.32. The molecule has 0 spiro atoms. The Morgan fingerprint density at radius 2 is 2.21 bits per heavy atom. The predicted molar refractivity (Wildman–Crippen MR) is 91.5 cm³/mol. The molecule has 1 aliphatic heterocycles. The summed E-state index contributed by atoms with van der Waals surface area (Å²) in [7, 11) is 0. The van der Waals surface area contributed by atoms with Crippen LogP contribution >= 0.6 is 0 Å². The summed E-state index contributed by atoms with van der Waals surface area (Å²) in [5, 5.41) is 6.78. The van der Waals surface area contributed by atoms with E-state index in [0.29, 0.717) is 25.5 Å². The van der Waals surface area contributed by atoms with Gasteiger partial charge in [0, 0.05) is 49.5 Å². The van der Waals surface area contributed by atoms with Crippen LogP contribution in [0.15, 0.2) is 30.5 Å². The Kier molecular flexibility index (Phi) is 5.15. The number of fused-ring (bicyclic) bond motifs is 1. The van der Waals surface area contributed by atoms with Crippen LogP contribution in [0.5, 0.6) is 0 Å². The minimum absolute atomic E-state index is 0.151. The smallest absolute Gasteiger partial charge is 0.242 e. The fraction of sp³-hybridized carbons (Fsp3) is 0.444. The molecule has 6 heteroatoms. The first kappa shape index (κ1) is 16.5. The molecule has 2 aromatic rings. The molecule has 24 heavy (non-hydrogen) atoms. The number of benzene rings is 1. The van der Waals surface area contributed by atoms with Crippen LogP contribution in [0.1, 0.15) is 18.9 Å². The van der Waals surface area contributed by atoms with Gasteiger partial charge in [-0.05, 0) is 18.1 Å². The lowest BCUT2D eigenvalue weighted by molar-refractivity contribution is -0.128. The molecule has 1 aromatic carbocycles. The summed E-state index contributed by atoms with van der Waals surface area (Å²) < 4.78 is 5.32. The Balaban J connectivity index is 1.68. The molecule has 6 nitrogen and oxygen atoms in total. The molecule has 1 aliphatic rings.